The zero-order chi connectivity index (χ0) is 14.8. The van der Waals surface area contributed by atoms with Gasteiger partial charge in [0, 0.05) is 37.5 Å². The highest BCUT2D eigenvalue weighted by Gasteiger charge is 2.32. The highest BCUT2D eigenvalue weighted by Crippen LogP contribution is 2.24. The predicted octanol–water partition coefficient (Wildman–Crippen LogP) is -0.213. The average molecular weight is 287 g/mol. The van der Waals surface area contributed by atoms with Crippen molar-refractivity contribution >= 4 is 11.8 Å². The van der Waals surface area contributed by atoms with Gasteiger partial charge in [-0.25, -0.2) is 0 Å². The topological polar surface area (TPSA) is 108 Å². The van der Waals surface area contributed by atoms with E-state index in [4.69, 9.17) is 5.73 Å². The fraction of sp³-hybridized carbons (Fsp3) is 0.357. The summed E-state index contributed by atoms with van der Waals surface area (Å²) in [4.78, 5) is 23.9. The van der Waals surface area contributed by atoms with E-state index in [1.54, 1.807) is 12.4 Å². The molecule has 7 heteroatoms. The molecule has 1 aliphatic rings. The first-order valence-corrected chi connectivity index (χ1v) is 6.80. The van der Waals surface area contributed by atoms with Crippen LogP contribution in [0.4, 0.5) is 11.8 Å². The summed E-state index contributed by atoms with van der Waals surface area (Å²) in [5, 5.41) is 10.2. The van der Waals surface area contributed by atoms with E-state index in [0.717, 1.165) is 12.0 Å². The van der Waals surface area contributed by atoms with Gasteiger partial charge in [0.1, 0.15) is 5.82 Å². The summed E-state index contributed by atoms with van der Waals surface area (Å²) < 4.78 is 0. The van der Waals surface area contributed by atoms with E-state index in [1.165, 1.54) is 6.07 Å². The molecular formula is C14H17N5O2. The predicted molar refractivity (Wildman–Crippen MR) is 78.9 cm³/mol. The number of pyridine rings is 1. The minimum atomic E-state index is -0.458. The third-order valence-electron chi connectivity index (χ3n) is 3.72. The largest absolute Gasteiger partial charge is 0.391 e. The Kier molecular flexibility index (Phi) is 3.57. The smallest absolute Gasteiger partial charge is 0.254 e. The lowest BCUT2D eigenvalue weighted by Crippen LogP contribution is -2.25. The maximum absolute atomic E-state index is 11.5. The van der Waals surface area contributed by atoms with Gasteiger partial charge in [0.2, 0.25) is 5.95 Å². The summed E-state index contributed by atoms with van der Waals surface area (Å²) in [6.45, 7) is 1.09. The molecule has 2 aromatic heterocycles. The minimum Gasteiger partial charge on any atom is -0.391 e. The highest BCUT2D eigenvalue weighted by atomic mass is 16.3. The number of nitrogens with two attached hydrogens (primary N) is 1. The SMILES string of the molecule is Nc1nc(N2C[C@@H](Cc3ccncc3)[C@@H](O)C2)cc(=O)[nH]1. The van der Waals surface area contributed by atoms with E-state index >= 15 is 0 Å². The number of nitrogens with one attached hydrogen (secondary N) is 1. The Balaban J connectivity index is 1.75. The van der Waals surface area contributed by atoms with Crippen LogP contribution in [0.5, 0.6) is 0 Å². The third-order valence-corrected chi connectivity index (χ3v) is 3.72. The molecule has 0 spiro atoms. The molecule has 21 heavy (non-hydrogen) atoms. The third kappa shape index (κ3) is 3.03. The molecule has 3 heterocycles. The van der Waals surface area contributed by atoms with Crippen molar-refractivity contribution < 1.29 is 5.11 Å². The molecule has 0 radical (unpaired) electrons. The summed E-state index contributed by atoms with van der Waals surface area (Å²) in [5.74, 6) is 0.687. The van der Waals surface area contributed by atoms with Crippen molar-refractivity contribution in [3.05, 3.63) is 46.5 Å². The van der Waals surface area contributed by atoms with Crippen molar-refractivity contribution in [3.8, 4) is 0 Å². The Morgan fingerprint density at radius 3 is 2.86 bits per heavy atom. The van der Waals surface area contributed by atoms with Crippen LogP contribution >= 0.6 is 0 Å². The second-order valence-corrected chi connectivity index (χ2v) is 5.28. The second-order valence-electron chi connectivity index (χ2n) is 5.28. The van der Waals surface area contributed by atoms with Crippen LogP contribution in [0, 0.1) is 5.92 Å². The molecule has 7 nitrogen and oxygen atoms in total. The summed E-state index contributed by atoms with van der Waals surface area (Å²) in [6, 6.07) is 5.29. The van der Waals surface area contributed by atoms with Crippen molar-refractivity contribution in [2.45, 2.75) is 12.5 Å². The molecule has 110 valence electrons. The first kappa shape index (κ1) is 13.6. The lowest BCUT2D eigenvalue weighted by atomic mass is 9.97. The zero-order valence-corrected chi connectivity index (χ0v) is 11.4. The van der Waals surface area contributed by atoms with Gasteiger partial charge < -0.3 is 15.7 Å². The molecule has 0 bridgehead atoms. The summed E-state index contributed by atoms with van der Waals surface area (Å²) in [5.41, 5.74) is 6.40. The van der Waals surface area contributed by atoms with Gasteiger partial charge >= 0.3 is 0 Å². The molecular weight excluding hydrogens is 270 g/mol. The number of β-amino-alcohol motifs (C(OH)–C–C–N with tert-alkyl or cyclic N) is 1. The van der Waals surface area contributed by atoms with Crippen LogP contribution in [0.15, 0.2) is 35.4 Å². The van der Waals surface area contributed by atoms with Crippen molar-refractivity contribution in [2.75, 3.05) is 23.7 Å². The molecule has 2 aromatic rings. The summed E-state index contributed by atoms with van der Waals surface area (Å²) in [7, 11) is 0. The van der Waals surface area contributed by atoms with E-state index < -0.39 is 6.10 Å². The molecule has 0 saturated carbocycles. The maximum Gasteiger partial charge on any atom is 0.254 e. The van der Waals surface area contributed by atoms with Gasteiger partial charge in [-0.05, 0) is 24.1 Å². The van der Waals surface area contributed by atoms with E-state index in [-0.39, 0.29) is 17.4 Å². The fourth-order valence-corrected chi connectivity index (χ4v) is 2.69. The molecule has 0 aliphatic carbocycles. The van der Waals surface area contributed by atoms with Gasteiger partial charge in [0.25, 0.3) is 5.56 Å². The minimum absolute atomic E-state index is 0.0876. The van der Waals surface area contributed by atoms with Crippen LogP contribution in [-0.4, -0.2) is 39.3 Å². The number of aromatic amines is 1. The number of hydrogen-bond donors (Lipinski definition) is 3. The first-order chi connectivity index (χ1) is 10.1. The Morgan fingerprint density at radius 1 is 1.38 bits per heavy atom. The number of aliphatic hydroxyl groups is 1. The van der Waals surface area contributed by atoms with Crippen molar-refractivity contribution in [1.29, 1.82) is 0 Å². The van der Waals surface area contributed by atoms with Crippen LogP contribution < -0.4 is 16.2 Å². The monoisotopic (exact) mass is 287 g/mol. The fourth-order valence-electron chi connectivity index (χ4n) is 2.69. The van der Waals surface area contributed by atoms with Crippen LogP contribution in [0.1, 0.15) is 5.56 Å². The van der Waals surface area contributed by atoms with E-state index in [2.05, 4.69) is 15.0 Å². The van der Waals surface area contributed by atoms with Gasteiger partial charge in [0.15, 0.2) is 0 Å². The standard InChI is InChI=1S/C14H17N5O2/c15-14-17-12(6-13(21)18-14)19-7-10(11(20)8-19)5-9-1-3-16-4-2-9/h1-4,6,10-11,20H,5,7-8H2,(H3,15,17,18,21)/t10-,11+/m1/s1. The molecule has 3 rings (SSSR count). The lowest BCUT2D eigenvalue weighted by Gasteiger charge is -2.16. The number of nitrogen functional groups attached to an aromatic ring is 1. The second kappa shape index (κ2) is 5.53. The molecule has 4 N–H and O–H groups in total. The van der Waals surface area contributed by atoms with Crippen LogP contribution in [0.3, 0.4) is 0 Å². The lowest BCUT2D eigenvalue weighted by molar-refractivity contribution is 0.148. The van der Waals surface area contributed by atoms with Crippen molar-refractivity contribution in [3.63, 3.8) is 0 Å². The maximum atomic E-state index is 11.5. The average Bonchev–Trinajstić information content (AvgIpc) is 2.80. The number of H-pyrrole nitrogens is 1. The van der Waals surface area contributed by atoms with E-state index in [0.29, 0.717) is 18.9 Å². The van der Waals surface area contributed by atoms with Gasteiger partial charge in [-0.15, -0.1) is 0 Å². The Labute approximate surface area is 121 Å². The van der Waals surface area contributed by atoms with Gasteiger partial charge in [-0.1, -0.05) is 0 Å². The summed E-state index contributed by atoms with van der Waals surface area (Å²) >= 11 is 0. The number of anilines is 2. The molecule has 1 aliphatic heterocycles. The van der Waals surface area contributed by atoms with Crippen LogP contribution in [0.2, 0.25) is 0 Å². The molecule has 1 fully saturated rings. The molecule has 0 amide bonds. The Bertz CT molecular complexity index is 673. The molecule has 1 saturated heterocycles. The first-order valence-electron chi connectivity index (χ1n) is 6.80. The number of rotatable bonds is 3. The molecule has 0 aromatic carbocycles. The van der Waals surface area contributed by atoms with E-state index in [1.807, 2.05) is 17.0 Å². The zero-order valence-electron chi connectivity index (χ0n) is 11.4. The van der Waals surface area contributed by atoms with Crippen molar-refractivity contribution in [2.24, 2.45) is 5.92 Å². The Morgan fingerprint density at radius 2 is 2.14 bits per heavy atom. The normalized spacial score (nSPS) is 21.7. The van der Waals surface area contributed by atoms with Gasteiger partial charge in [0.05, 0.1) is 6.10 Å². The van der Waals surface area contributed by atoms with Crippen LogP contribution in [-0.2, 0) is 6.42 Å². The number of aliphatic hydroxyl groups excluding tert-OH is 1. The Hall–Kier alpha value is -2.41. The van der Waals surface area contributed by atoms with Crippen LogP contribution in [0.25, 0.3) is 0 Å². The van der Waals surface area contributed by atoms with E-state index in [9.17, 15) is 9.90 Å². The molecule has 2 atom stereocenters. The number of hydrogen-bond acceptors (Lipinski definition) is 6. The highest BCUT2D eigenvalue weighted by molar-refractivity contribution is 5.42. The summed E-state index contributed by atoms with van der Waals surface area (Å²) in [6.07, 6.45) is 3.79. The van der Waals surface area contributed by atoms with Gasteiger partial charge in [-0.2, -0.15) is 4.98 Å². The number of nitrogens with zero attached hydrogens (tertiary/aromatic N) is 3. The quantitative estimate of drug-likeness (QED) is 0.720. The van der Waals surface area contributed by atoms with Crippen molar-refractivity contribution in [1.82, 2.24) is 15.0 Å². The van der Waals surface area contributed by atoms with Gasteiger partial charge in [-0.3, -0.25) is 14.8 Å². The molecule has 0 unspecified atom stereocenters. The number of aromatic nitrogens is 3.